The monoisotopic (exact) mass is 1100 g/mol. The highest BCUT2D eigenvalue weighted by molar-refractivity contribution is 5.70. The number of carbonyl (C=O) groups excluding carboxylic acids is 3. The maximum Gasteiger partial charge on any atom is 0.306 e. The van der Waals surface area contributed by atoms with Gasteiger partial charge in [0.25, 0.3) is 0 Å². The number of nitrogens with zero attached hydrogens (tertiary/aromatic N) is 1. The Morgan fingerprint density at radius 2 is 0.684 bits per heavy atom. The number of carboxylic acids is 1. The second kappa shape index (κ2) is 59.3. The quantitative estimate of drug-likeness (QED) is 0.0195. The van der Waals surface area contributed by atoms with Crippen molar-refractivity contribution in [2.75, 3.05) is 47.5 Å². The van der Waals surface area contributed by atoms with Gasteiger partial charge in [-0.2, -0.15) is 0 Å². The molecule has 0 saturated carbocycles. The number of hydrogen-bond donors (Lipinski definition) is 0. The third-order valence-corrected chi connectivity index (χ3v) is 12.6. The molecule has 9 heteroatoms. The highest BCUT2D eigenvalue weighted by Gasteiger charge is 2.22. The van der Waals surface area contributed by atoms with E-state index in [0.717, 1.165) is 116 Å². The Morgan fingerprint density at radius 1 is 0.380 bits per heavy atom. The molecule has 0 aromatic heterocycles. The number of likely N-dealkylation sites (N-methyl/N-ethyl adjacent to an activating group) is 1. The summed E-state index contributed by atoms with van der Waals surface area (Å²) in [6, 6.07) is 0. The van der Waals surface area contributed by atoms with E-state index in [2.05, 4.69) is 160 Å². The fourth-order valence-electron chi connectivity index (χ4n) is 7.90. The normalized spacial score (nSPS) is 13.8. The summed E-state index contributed by atoms with van der Waals surface area (Å²) < 4.78 is 22.7. The summed E-state index contributed by atoms with van der Waals surface area (Å²) in [5.74, 6) is -2.34. The van der Waals surface area contributed by atoms with E-state index in [0.29, 0.717) is 23.9 Å². The standard InChI is InChI=1S/C70H113NO8/c1-6-8-10-12-14-16-18-20-22-24-26-27-28-29-30-31-32-33-34-35-36-37-38-39-40-41-43-45-47-49-51-53-55-57-59-61-68(73)79-66(65-78-70(69(74)75)76-63-62-71(3,4)5)64-77-67(72)60-58-56-54-52-50-48-46-44-42-25-23-21-19-17-15-13-11-9-7-2/h8-11,14-17,20-23,26-27,29-30,32-33,35-36,42,44,48,50,66,70H,6-7,12-13,18-19,24-25,28,31,34,37-41,43,45-47,49,51-65H2,1-5H3/b10-8-,11-9-,16-14-,17-15-,22-20-,23-21-,27-26-,30-29-,33-32-,36-35-,44-42-,50-48-. The lowest BCUT2D eigenvalue weighted by atomic mass is 10.0. The summed E-state index contributed by atoms with van der Waals surface area (Å²) >= 11 is 0. The minimum Gasteiger partial charge on any atom is -0.545 e. The molecule has 2 atom stereocenters. The van der Waals surface area contributed by atoms with E-state index in [1.165, 1.54) is 64.2 Å². The van der Waals surface area contributed by atoms with Gasteiger partial charge < -0.3 is 33.3 Å². The average Bonchev–Trinajstić information content (AvgIpc) is 3.42. The molecule has 0 aromatic rings. The molecular formula is C70H113NO8. The number of rotatable bonds is 55. The summed E-state index contributed by atoms with van der Waals surface area (Å²) in [5, 5.41) is 11.8. The lowest BCUT2D eigenvalue weighted by Crippen LogP contribution is -2.44. The zero-order valence-electron chi connectivity index (χ0n) is 50.7. The molecule has 0 rings (SSSR count). The molecule has 0 aliphatic heterocycles. The molecule has 79 heavy (non-hydrogen) atoms. The molecule has 9 nitrogen and oxygen atoms in total. The molecule has 0 N–H and O–H groups in total. The highest BCUT2D eigenvalue weighted by atomic mass is 16.7. The van der Waals surface area contributed by atoms with Gasteiger partial charge in [0.1, 0.15) is 13.2 Å². The number of carboxylic acid groups (broad SMARTS) is 1. The molecule has 0 fully saturated rings. The van der Waals surface area contributed by atoms with Crippen LogP contribution < -0.4 is 5.11 Å². The third-order valence-electron chi connectivity index (χ3n) is 12.6. The smallest absolute Gasteiger partial charge is 0.306 e. The molecule has 0 saturated heterocycles. The van der Waals surface area contributed by atoms with Crippen molar-refractivity contribution in [2.24, 2.45) is 0 Å². The molecule has 446 valence electrons. The van der Waals surface area contributed by atoms with Crippen LogP contribution in [0.5, 0.6) is 0 Å². The van der Waals surface area contributed by atoms with Crippen molar-refractivity contribution in [3.63, 3.8) is 0 Å². The largest absolute Gasteiger partial charge is 0.545 e. The van der Waals surface area contributed by atoms with Crippen LogP contribution in [0.3, 0.4) is 0 Å². The first-order valence-electron chi connectivity index (χ1n) is 31.0. The topological polar surface area (TPSA) is 111 Å². The van der Waals surface area contributed by atoms with E-state index < -0.39 is 30.3 Å². The summed E-state index contributed by atoms with van der Waals surface area (Å²) in [5.41, 5.74) is 0. The predicted molar refractivity (Wildman–Crippen MR) is 333 cm³/mol. The number of aliphatic carboxylic acids is 1. The first-order chi connectivity index (χ1) is 38.6. The van der Waals surface area contributed by atoms with Gasteiger partial charge >= 0.3 is 11.9 Å². The van der Waals surface area contributed by atoms with E-state index in [1.54, 1.807) is 0 Å². The zero-order valence-corrected chi connectivity index (χ0v) is 50.7. The molecule has 0 heterocycles. The van der Waals surface area contributed by atoms with Crippen molar-refractivity contribution in [1.82, 2.24) is 0 Å². The molecule has 0 radical (unpaired) electrons. The molecule has 0 aliphatic carbocycles. The minimum absolute atomic E-state index is 0.134. The van der Waals surface area contributed by atoms with Crippen LogP contribution in [0.4, 0.5) is 0 Å². The highest BCUT2D eigenvalue weighted by Crippen LogP contribution is 2.15. The van der Waals surface area contributed by atoms with Crippen LogP contribution in [-0.4, -0.2) is 82.3 Å². The van der Waals surface area contributed by atoms with Crippen molar-refractivity contribution >= 4 is 17.9 Å². The van der Waals surface area contributed by atoms with Crippen LogP contribution in [0.2, 0.25) is 0 Å². The molecule has 0 aromatic carbocycles. The van der Waals surface area contributed by atoms with Gasteiger partial charge in [-0.15, -0.1) is 0 Å². The fraction of sp³-hybridized carbons (Fsp3) is 0.614. The lowest BCUT2D eigenvalue weighted by Gasteiger charge is -2.26. The van der Waals surface area contributed by atoms with E-state index >= 15 is 0 Å². The Labute approximate surface area is 483 Å². The van der Waals surface area contributed by atoms with E-state index in [4.69, 9.17) is 18.9 Å². The van der Waals surface area contributed by atoms with Crippen LogP contribution in [0.25, 0.3) is 0 Å². The van der Waals surface area contributed by atoms with E-state index in [1.807, 2.05) is 21.1 Å². The summed E-state index contributed by atoms with van der Waals surface area (Å²) in [6.07, 6.45) is 83.4. The predicted octanol–water partition coefficient (Wildman–Crippen LogP) is 17.5. The van der Waals surface area contributed by atoms with Crippen LogP contribution in [0.15, 0.2) is 146 Å². The van der Waals surface area contributed by atoms with Crippen LogP contribution in [0.1, 0.15) is 219 Å². The second-order valence-electron chi connectivity index (χ2n) is 21.2. The van der Waals surface area contributed by atoms with E-state index in [-0.39, 0.29) is 32.7 Å². The van der Waals surface area contributed by atoms with Crippen molar-refractivity contribution in [3.05, 3.63) is 146 Å². The molecule has 0 aliphatic rings. The Hall–Kier alpha value is -4.83. The number of quaternary nitrogens is 1. The number of esters is 2. The van der Waals surface area contributed by atoms with Crippen molar-refractivity contribution in [1.29, 1.82) is 0 Å². The molecule has 2 unspecified atom stereocenters. The maximum absolute atomic E-state index is 12.9. The molecule has 0 bridgehead atoms. The van der Waals surface area contributed by atoms with Gasteiger partial charge in [-0.3, -0.25) is 9.59 Å². The second-order valence-corrected chi connectivity index (χ2v) is 21.2. The molecule has 0 spiro atoms. The van der Waals surface area contributed by atoms with Gasteiger partial charge in [0, 0.05) is 12.8 Å². The van der Waals surface area contributed by atoms with E-state index in [9.17, 15) is 19.5 Å². The maximum atomic E-state index is 12.9. The zero-order chi connectivity index (χ0) is 57.6. The van der Waals surface area contributed by atoms with Gasteiger partial charge in [0.15, 0.2) is 12.4 Å². The van der Waals surface area contributed by atoms with Gasteiger partial charge in [0.2, 0.25) is 0 Å². The molecule has 0 amide bonds. The fourth-order valence-corrected chi connectivity index (χ4v) is 7.90. The average molecular weight is 1100 g/mol. The Morgan fingerprint density at radius 3 is 1.03 bits per heavy atom. The van der Waals surface area contributed by atoms with Gasteiger partial charge in [0.05, 0.1) is 40.3 Å². The minimum atomic E-state index is -1.64. The number of carbonyl (C=O) groups is 3. The van der Waals surface area contributed by atoms with Gasteiger partial charge in [-0.25, -0.2) is 0 Å². The summed E-state index contributed by atoms with van der Waals surface area (Å²) in [4.78, 5) is 37.3. The first kappa shape index (κ1) is 74.2. The summed E-state index contributed by atoms with van der Waals surface area (Å²) in [6.45, 7) is 4.46. The Kier molecular flexibility index (Phi) is 55.7. The third kappa shape index (κ3) is 60.7. The number of ether oxygens (including phenoxy) is 4. The Bertz CT molecular complexity index is 1800. The Balaban J connectivity index is 4.22. The first-order valence-corrected chi connectivity index (χ1v) is 31.0. The number of unbranched alkanes of at least 4 members (excludes halogenated alkanes) is 16. The number of hydrogen-bond acceptors (Lipinski definition) is 8. The molecular weight excluding hydrogens is 983 g/mol. The van der Waals surface area contributed by atoms with Crippen LogP contribution in [-0.2, 0) is 33.3 Å². The van der Waals surface area contributed by atoms with Gasteiger partial charge in [-0.05, 0) is 116 Å². The van der Waals surface area contributed by atoms with Crippen molar-refractivity contribution in [2.45, 2.75) is 232 Å². The SMILES string of the molecule is CC/C=C\C/C=C\C/C=C\C/C=C\C/C=C\C/C=C\C/C=C\CCCCCCCCCCCCCCCC(=O)OC(COC(=O)CCCCC/C=C\C/C=C\C/C=C\C/C=C\C/C=C\CC)COC(OCC[N+](C)(C)C)C(=O)[O-]. The van der Waals surface area contributed by atoms with Crippen LogP contribution >= 0.6 is 0 Å². The number of allylic oxidation sites excluding steroid dienone is 24. The lowest BCUT2D eigenvalue weighted by molar-refractivity contribution is -0.870. The van der Waals surface area contributed by atoms with Crippen molar-refractivity contribution < 1.29 is 42.9 Å². The van der Waals surface area contributed by atoms with Gasteiger partial charge in [-0.1, -0.05) is 237 Å². The summed E-state index contributed by atoms with van der Waals surface area (Å²) in [7, 11) is 5.90. The van der Waals surface area contributed by atoms with Crippen molar-refractivity contribution in [3.8, 4) is 0 Å². The van der Waals surface area contributed by atoms with Crippen LogP contribution in [0, 0.1) is 0 Å².